The quantitative estimate of drug-likeness (QED) is 0.527. The standard InChI is InChI=1S/C17H16Br2N2O3/c1-10-4-3-5-11(2)17(10)24-9-15(22)21-20-8-12-6-13(18)16(23)14(19)7-12/h3-8,23H,9H2,1-2H3,(H,21,22)/b20-8-. The van der Waals surface area contributed by atoms with Crippen molar-refractivity contribution in [3.8, 4) is 11.5 Å². The second-order valence-electron chi connectivity index (χ2n) is 5.14. The highest BCUT2D eigenvalue weighted by molar-refractivity contribution is 9.11. The van der Waals surface area contributed by atoms with Gasteiger partial charge in [-0.1, -0.05) is 18.2 Å². The highest BCUT2D eigenvalue weighted by Gasteiger charge is 2.07. The van der Waals surface area contributed by atoms with Gasteiger partial charge in [-0.15, -0.1) is 0 Å². The van der Waals surface area contributed by atoms with Crippen LogP contribution in [0.3, 0.4) is 0 Å². The maximum absolute atomic E-state index is 11.8. The summed E-state index contributed by atoms with van der Waals surface area (Å²) in [5.41, 5.74) is 5.07. The summed E-state index contributed by atoms with van der Waals surface area (Å²) < 4.78 is 6.61. The molecular weight excluding hydrogens is 440 g/mol. The highest BCUT2D eigenvalue weighted by Crippen LogP contribution is 2.32. The number of carbonyl (C=O) groups excluding carboxylic acids is 1. The van der Waals surface area contributed by atoms with E-state index in [1.165, 1.54) is 6.21 Å². The van der Waals surface area contributed by atoms with E-state index in [9.17, 15) is 9.90 Å². The molecule has 2 N–H and O–H groups in total. The number of hydrogen-bond donors (Lipinski definition) is 2. The third kappa shape index (κ3) is 4.82. The summed E-state index contributed by atoms with van der Waals surface area (Å²) in [5, 5.41) is 13.5. The Morgan fingerprint density at radius 3 is 2.42 bits per heavy atom. The van der Waals surface area contributed by atoms with Crippen molar-refractivity contribution < 1.29 is 14.6 Å². The van der Waals surface area contributed by atoms with Crippen LogP contribution in [0, 0.1) is 13.8 Å². The first-order chi connectivity index (χ1) is 11.4. The number of aromatic hydroxyl groups is 1. The second kappa shape index (κ2) is 8.30. The summed E-state index contributed by atoms with van der Waals surface area (Å²) in [6.45, 7) is 3.74. The van der Waals surface area contributed by atoms with Crippen LogP contribution in [0.1, 0.15) is 16.7 Å². The number of para-hydroxylation sites is 1. The van der Waals surface area contributed by atoms with Gasteiger partial charge in [0, 0.05) is 0 Å². The number of benzene rings is 2. The maximum Gasteiger partial charge on any atom is 0.277 e. The van der Waals surface area contributed by atoms with Crippen LogP contribution < -0.4 is 10.2 Å². The van der Waals surface area contributed by atoms with Gasteiger partial charge in [-0.3, -0.25) is 4.79 Å². The van der Waals surface area contributed by atoms with Gasteiger partial charge in [0.05, 0.1) is 15.2 Å². The van der Waals surface area contributed by atoms with E-state index >= 15 is 0 Å². The number of hydrazone groups is 1. The number of halogens is 2. The lowest BCUT2D eigenvalue weighted by molar-refractivity contribution is -0.123. The number of amides is 1. The zero-order valence-electron chi connectivity index (χ0n) is 13.1. The lowest BCUT2D eigenvalue weighted by atomic mass is 10.1. The second-order valence-corrected chi connectivity index (χ2v) is 6.84. The minimum absolute atomic E-state index is 0.109. The largest absolute Gasteiger partial charge is 0.506 e. The Bertz CT molecular complexity index is 748. The normalized spacial score (nSPS) is 10.8. The van der Waals surface area contributed by atoms with E-state index < -0.39 is 0 Å². The monoisotopic (exact) mass is 454 g/mol. The first-order valence-corrected chi connectivity index (χ1v) is 8.66. The molecule has 1 amide bonds. The average molecular weight is 456 g/mol. The van der Waals surface area contributed by atoms with Gasteiger partial charge in [0.25, 0.3) is 5.91 Å². The Hall–Kier alpha value is -1.86. The average Bonchev–Trinajstić information content (AvgIpc) is 2.52. The van der Waals surface area contributed by atoms with Crippen molar-refractivity contribution in [3.63, 3.8) is 0 Å². The van der Waals surface area contributed by atoms with Crippen LogP contribution in [-0.4, -0.2) is 23.8 Å². The molecule has 2 rings (SSSR count). The number of hydrogen-bond acceptors (Lipinski definition) is 4. The van der Waals surface area contributed by atoms with Crippen molar-refractivity contribution in [1.82, 2.24) is 5.43 Å². The molecule has 0 unspecified atom stereocenters. The van der Waals surface area contributed by atoms with Gasteiger partial charge in [0.1, 0.15) is 11.5 Å². The summed E-state index contributed by atoms with van der Waals surface area (Å²) in [4.78, 5) is 11.8. The van der Waals surface area contributed by atoms with Crippen molar-refractivity contribution in [2.24, 2.45) is 5.10 Å². The molecule has 2 aromatic rings. The van der Waals surface area contributed by atoms with Gasteiger partial charge in [0.15, 0.2) is 6.61 Å². The summed E-state index contributed by atoms with van der Waals surface area (Å²) in [6, 6.07) is 9.17. The fourth-order valence-corrected chi connectivity index (χ4v) is 3.26. The number of rotatable bonds is 5. The molecule has 0 heterocycles. The fourth-order valence-electron chi connectivity index (χ4n) is 2.04. The molecule has 0 bridgehead atoms. The minimum Gasteiger partial charge on any atom is -0.506 e. The minimum atomic E-state index is -0.356. The van der Waals surface area contributed by atoms with Gasteiger partial charge in [-0.25, -0.2) is 5.43 Å². The van der Waals surface area contributed by atoms with E-state index in [2.05, 4.69) is 42.4 Å². The molecule has 126 valence electrons. The van der Waals surface area contributed by atoms with E-state index in [0.717, 1.165) is 11.1 Å². The summed E-state index contributed by atoms with van der Waals surface area (Å²) in [6.07, 6.45) is 1.48. The molecule has 0 saturated heterocycles. The van der Waals surface area contributed by atoms with Gasteiger partial charge in [-0.2, -0.15) is 5.10 Å². The number of nitrogens with one attached hydrogen (secondary N) is 1. The van der Waals surface area contributed by atoms with E-state index in [-0.39, 0.29) is 18.3 Å². The van der Waals surface area contributed by atoms with Crippen molar-refractivity contribution in [2.75, 3.05) is 6.61 Å². The maximum atomic E-state index is 11.8. The molecule has 0 aliphatic rings. The molecule has 0 saturated carbocycles. The number of ether oxygens (including phenoxy) is 1. The molecule has 2 aromatic carbocycles. The van der Waals surface area contributed by atoms with Crippen molar-refractivity contribution in [2.45, 2.75) is 13.8 Å². The van der Waals surface area contributed by atoms with Crippen molar-refractivity contribution in [3.05, 3.63) is 56.0 Å². The number of aryl methyl sites for hydroxylation is 2. The molecule has 0 aliphatic carbocycles. The van der Waals surface area contributed by atoms with Crippen molar-refractivity contribution in [1.29, 1.82) is 0 Å². The first-order valence-electron chi connectivity index (χ1n) is 7.07. The topological polar surface area (TPSA) is 70.9 Å². The Morgan fingerprint density at radius 1 is 1.25 bits per heavy atom. The van der Waals surface area contributed by atoms with E-state index in [1.807, 2.05) is 32.0 Å². The zero-order chi connectivity index (χ0) is 17.7. The van der Waals surface area contributed by atoms with Crippen LogP contribution in [0.5, 0.6) is 11.5 Å². The third-order valence-electron chi connectivity index (χ3n) is 3.20. The van der Waals surface area contributed by atoms with Crippen LogP contribution >= 0.6 is 31.9 Å². The van der Waals surface area contributed by atoms with Crippen LogP contribution in [0.25, 0.3) is 0 Å². The van der Waals surface area contributed by atoms with Crippen LogP contribution in [0.4, 0.5) is 0 Å². The molecule has 0 aliphatic heterocycles. The third-order valence-corrected chi connectivity index (χ3v) is 4.41. The predicted octanol–water partition coefficient (Wildman–Crippen LogP) is 4.06. The first kappa shape index (κ1) is 18.5. The number of nitrogens with zero attached hydrogens (tertiary/aromatic N) is 1. The number of phenolic OH excluding ortho intramolecular Hbond substituents is 1. The van der Waals surface area contributed by atoms with Gasteiger partial charge < -0.3 is 9.84 Å². The SMILES string of the molecule is Cc1cccc(C)c1OCC(=O)N/N=C\c1cc(Br)c(O)c(Br)c1. The molecule has 0 spiro atoms. The Kier molecular flexibility index (Phi) is 6.39. The number of phenols is 1. The van der Waals surface area contributed by atoms with Crippen LogP contribution in [0.15, 0.2) is 44.4 Å². The Morgan fingerprint density at radius 2 is 1.83 bits per heavy atom. The lowest BCUT2D eigenvalue weighted by Crippen LogP contribution is -2.25. The molecular formula is C17H16Br2N2O3. The highest BCUT2D eigenvalue weighted by atomic mass is 79.9. The van der Waals surface area contributed by atoms with Crippen LogP contribution in [0.2, 0.25) is 0 Å². The number of carbonyl (C=O) groups is 1. The molecule has 24 heavy (non-hydrogen) atoms. The van der Waals surface area contributed by atoms with Gasteiger partial charge in [0.2, 0.25) is 0 Å². The Labute approximate surface area is 157 Å². The van der Waals surface area contributed by atoms with E-state index in [0.29, 0.717) is 20.3 Å². The van der Waals surface area contributed by atoms with E-state index in [4.69, 9.17) is 4.74 Å². The van der Waals surface area contributed by atoms with Gasteiger partial charge >= 0.3 is 0 Å². The lowest BCUT2D eigenvalue weighted by Gasteiger charge is -2.10. The molecule has 0 atom stereocenters. The molecule has 5 nitrogen and oxygen atoms in total. The van der Waals surface area contributed by atoms with Crippen LogP contribution in [-0.2, 0) is 4.79 Å². The fraction of sp³-hybridized carbons (Fsp3) is 0.176. The molecule has 0 aromatic heterocycles. The summed E-state index contributed by atoms with van der Waals surface area (Å²) >= 11 is 6.47. The molecule has 0 fully saturated rings. The zero-order valence-corrected chi connectivity index (χ0v) is 16.3. The van der Waals surface area contributed by atoms with Crippen molar-refractivity contribution >= 4 is 44.0 Å². The smallest absolute Gasteiger partial charge is 0.277 e. The molecule has 7 heteroatoms. The van der Waals surface area contributed by atoms with Gasteiger partial charge in [-0.05, 0) is 74.5 Å². The van der Waals surface area contributed by atoms with E-state index in [1.54, 1.807) is 12.1 Å². The predicted molar refractivity (Wildman–Crippen MR) is 101 cm³/mol. The summed E-state index contributed by atoms with van der Waals surface area (Å²) in [5.74, 6) is 0.465. The summed E-state index contributed by atoms with van der Waals surface area (Å²) in [7, 11) is 0. The Balaban J connectivity index is 1.91. The molecule has 0 radical (unpaired) electrons.